The fourth-order valence-corrected chi connectivity index (χ4v) is 1.88. The average Bonchev–Trinajstić information content (AvgIpc) is 2.38. The number of carbonyl (C=O) groups excluding carboxylic acids is 1. The second kappa shape index (κ2) is 7.07. The number of nitrogen functional groups attached to an aromatic ring is 1. The van der Waals surface area contributed by atoms with Crippen LogP contribution in [-0.4, -0.2) is 19.4 Å². The molecule has 3 heteroatoms. The van der Waals surface area contributed by atoms with E-state index in [9.17, 15) is 4.79 Å². The van der Waals surface area contributed by atoms with Crippen LogP contribution < -0.4 is 11.1 Å². The summed E-state index contributed by atoms with van der Waals surface area (Å²) in [6, 6.07) is 3.57. The number of carbonyl (C=O) groups is 1. The van der Waals surface area contributed by atoms with Crippen molar-refractivity contribution in [3.8, 4) is 0 Å². The molecule has 0 spiro atoms. The molecule has 2 rings (SSSR count). The highest BCUT2D eigenvalue weighted by Gasteiger charge is 1.99. The highest BCUT2D eigenvalue weighted by Crippen LogP contribution is 2.17. The summed E-state index contributed by atoms with van der Waals surface area (Å²) in [4.78, 5) is 10.4. The maximum Gasteiger partial charge on any atom is 0.150 e. The van der Waals surface area contributed by atoms with Crippen molar-refractivity contribution in [1.82, 2.24) is 5.32 Å². The molecule has 0 radical (unpaired) electrons. The maximum atomic E-state index is 10.4. The van der Waals surface area contributed by atoms with E-state index in [1.54, 1.807) is 12.1 Å². The first kappa shape index (κ1) is 13.7. The minimum atomic E-state index is 0.689. The summed E-state index contributed by atoms with van der Waals surface area (Å²) in [6.07, 6.45) is 5.05. The second-order valence-corrected chi connectivity index (χ2v) is 4.50. The largest absolute Gasteiger partial charge is 0.398 e. The van der Waals surface area contributed by atoms with Crippen molar-refractivity contribution in [2.75, 3.05) is 18.8 Å². The summed E-state index contributed by atoms with van der Waals surface area (Å²) < 4.78 is 0. The topological polar surface area (TPSA) is 55.1 Å². The molecular formula is C14H22N2O. The molecule has 0 aliphatic carbocycles. The van der Waals surface area contributed by atoms with Crippen LogP contribution in [-0.2, 0) is 0 Å². The molecule has 0 aromatic heterocycles. The predicted octanol–water partition coefficient (Wildman–Crippen LogP) is 2.46. The standard InChI is InChI=1S/C9H11NO.C5H11N/c1-6-3-8(5-11)4-7(2)9(6)10;1-2-4-6-5-3-1/h3-5H,10H2,1-2H3;6H,1-5H2. The monoisotopic (exact) mass is 234 g/mol. The quantitative estimate of drug-likeness (QED) is 0.579. The van der Waals surface area contributed by atoms with Crippen molar-refractivity contribution in [3.05, 3.63) is 28.8 Å². The molecule has 0 amide bonds. The lowest BCUT2D eigenvalue weighted by Gasteiger charge is -2.08. The smallest absolute Gasteiger partial charge is 0.150 e. The molecule has 1 aliphatic rings. The van der Waals surface area contributed by atoms with Crippen LogP contribution >= 0.6 is 0 Å². The summed E-state index contributed by atoms with van der Waals surface area (Å²) in [5, 5.41) is 3.28. The summed E-state index contributed by atoms with van der Waals surface area (Å²) in [5.41, 5.74) is 9.08. The molecule has 94 valence electrons. The van der Waals surface area contributed by atoms with E-state index in [0.29, 0.717) is 5.56 Å². The van der Waals surface area contributed by atoms with Crippen LogP contribution in [0.2, 0.25) is 0 Å². The Morgan fingerprint density at radius 2 is 1.65 bits per heavy atom. The Morgan fingerprint density at radius 1 is 1.12 bits per heavy atom. The summed E-state index contributed by atoms with van der Waals surface area (Å²) in [6.45, 7) is 6.30. The van der Waals surface area contributed by atoms with Gasteiger partial charge < -0.3 is 11.1 Å². The highest BCUT2D eigenvalue weighted by molar-refractivity contribution is 5.77. The normalized spacial score (nSPS) is 14.7. The number of hydrogen-bond acceptors (Lipinski definition) is 3. The summed E-state index contributed by atoms with van der Waals surface area (Å²) >= 11 is 0. The lowest BCUT2D eigenvalue weighted by molar-refractivity contribution is 0.112. The lowest BCUT2D eigenvalue weighted by Crippen LogP contribution is -2.21. The van der Waals surface area contributed by atoms with E-state index in [0.717, 1.165) is 23.1 Å². The molecule has 0 atom stereocenters. The zero-order valence-corrected chi connectivity index (χ0v) is 10.8. The Hall–Kier alpha value is -1.35. The van der Waals surface area contributed by atoms with Crippen LogP contribution in [0.15, 0.2) is 12.1 Å². The Balaban J connectivity index is 0.000000202. The van der Waals surface area contributed by atoms with Gasteiger partial charge >= 0.3 is 0 Å². The van der Waals surface area contributed by atoms with Crippen LogP contribution in [0.5, 0.6) is 0 Å². The second-order valence-electron chi connectivity index (χ2n) is 4.50. The fraction of sp³-hybridized carbons (Fsp3) is 0.500. The van der Waals surface area contributed by atoms with Gasteiger partial charge in [-0.25, -0.2) is 0 Å². The van der Waals surface area contributed by atoms with E-state index in [2.05, 4.69) is 5.32 Å². The van der Waals surface area contributed by atoms with Gasteiger partial charge in [0.25, 0.3) is 0 Å². The molecule has 1 fully saturated rings. The third-order valence-corrected chi connectivity index (χ3v) is 2.96. The van der Waals surface area contributed by atoms with Gasteiger partial charge in [0, 0.05) is 11.3 Å². The van der Waals surface area contributed by atoms with E-state index in [-0.39, 0.29) is 0 Å². The van der Waals surface area contributed by atoms with Crippen LogP contribution in [0.1, 0.15) is 40.7 Å². The first-order valence-corrected chi connectivity index (χ1v) is 6.17. The van der Waals surface area contributed by atoms with Crippen LogP contribution in [0.4, 0.5) is 5.69 Å². The molecule has 1 saturated heterocycles. The highest BCUT2D eigenvalue weighted by atomic mass is 16.1. The molecular weight excluding hydrogens is 212 g/mol. The van der Waals surface area contributed by atoms with E-state index < -0.39 is 0 Å². The number of aryl methyl sites for hydroxylation is 2. The molecule has 0 bridgehead atoms. The number of rotatable bonds is 1. The number of nitrogens with one attached hydrogen (secondary N) is 1. The maximum absolute atomic E-state index is 10.4. The average molecular weight is 234 g/mol. The number of anilines is 1. The van der Waals surface area contributed by atoms with Gasteiger partial charge in [-0.15, -0.1) is 0 Å². The van der Waals surface area contributed by atoms with Gasteiger partial charge in [-0.05, 0) is 63.0 Å². The van der Waals surface area contributed by atoms with Crippen LogP contribution in [0, 0.1) is 13.8 Å². The van der Waals surface area contributed by atoms with Crippen molar-refractivity contribution in [1.29, 1.82) is 0 Å². The first-order valence-electron chi connectivity index (χ1n) is 6.17. The number of aldehydes is 1. The molecule has 1 heterocycles. The molecule has 0 saturated carbocycles. The fourth-order valence-electron chi connectivity index (χ4n) is 1.88. The van der Waals surface area contributed by atoms with E-state index in [1.807, 2.05) is 13.8 Å². The van der Waals surface area contributed by atoms with Crippen LogP contribution in [0.3, 0.4) is 0 Å². The minimum absolute atomic E-state index is 0.689. The van der Waals surface area contributed by atoms with Crippen molar-refractivity contribution in [2.45, 2.75) is 33.1 Å². The van der Waals surface area contributed by atoms with Gasteiger partial charge in [0.1, 0.15) is 6.29 Å². The Kier molecular flexibility index (Phi) is 5.70. The van der Waals surface area contributed by atoms with Crippen molar-refractivity contribution in [2.24, 2.45) is 0 Å². The predicted molar refractivity (Wildman–Crippen MR) is 72.4 cm³/mol. The molecule has 1 aliphatic heterocycles. The van der Waals surface area contributed by atoms with Gasteiger partial charge in [-0.1, -0.05) is 6.42 Å². The van der Waals surface area contributed by atoms with E-state index in [4.69, 9.17) is 5.73 Å². The van der Waals surface area contributed by atoms with E-state index >= 15 is 0 Å². The van der Waals surface area contributed by atoms with E-state index in [1.165, 1.54) is 32.4 Å². The van der Waals surface area contributed by atoms with Crippen molar-refractivity contribution in [3.63, 3.8) is 0 Å². The minimum Gasteiger partial charge on any atom is -0.398 e. The number of piperidine rings is 1. The Morgan fingerprint density at radius 3 is 1.94 bits per heavy atom. The van der Waals surface area contributed by atoms with Crippen molar-refractivity contribution < 1.29 is 4.79 Å². The summed E-state index contributed by atoms with van der Waals surface area (Å²) in [7, 11) is 0. The van der Waals surface area contributed by atoms with Gasteiger partial charge in [0.15, 0.2) is 0 Å². The first-order chi connectivity index (χ1) is 8.15. The van der Waals surface area contributed by atoms with Gasteiger partial charge in [-0.2, -0.15) is 0 Å². The Bertz CT molecular complexity index is 336. The summed E-state index contributed by atoms with van der Waals surface area (Å²) in [5.74, 6) is 0. The zero-order chi connectivity index (χ0) is 12.7. The van der Waals surface area contributed by atoms with Crippen LogP contribution in [0.25, 0.3) is 0 Å². The third kappa shape index (κ3) is 4.57. The van der Waals surface area contributed by atoms with Gasteiger partial charge in [-0.3, -0.25) is 4.79 Å². The van der Waals surface area contributed by atoms with Gasteiger partial charge in [0.05, 0.1) is 0 Å². The number of hydrogen-bond donors (Lipinski definition) is 2. The number of nitrogens with two attached hydrogens (primary N) is 1. The van der Waals surface area contributed by atoms with Gasteiger partial charge in [0.2, 0.25) is 0 Å². The molecule has 0 unspecified atom stereocenters. The molecule has 3 nitrogen and oxygen atoms in total. The molecule has 17 heavy (non-hydrogen) atoms. The SMILES string of the molecule is C1CCNCC1.Cc1cc(C=O)cc(C)c1N. The molecule has 3 N–H and O–H groups in total. The Labute approximate surface area is 103 Å². The third-order valence-electron chi connectivity index (χ3n) is 2.96. The molecule has 1 aromatic carbocycles. The zero-order valence-electron chi connectivity index (χ0n) is 10.8. The number of benzene rings is 1. The lowest BCUT2D eigenvalue weighted by atomic mass is 10.1. The molecule has 1 aromatic rings. The van der Waals surface area contributed by atoms with Crippen molar-refractivity contribution >= 4 is 12.0 Å².